The highest BCUT2D eigenvalue weighted by molar-refractivity contribution is 5.90. The molecule has 2 aliphatic rings. The highest BCUT2D eigenvalue weighted by Crippen LogP contribution is 2.29. The molecule has 8 nitrogen and oxygen atoms in total. The maximum atomic E-state index is 4.93. The number of likely N-dealkylation sites (N-methyl/N-ethyl adjacent to an activating group) is 1. The summed E-state index contributed by atoms with van der Waals surface area (Å²) in [4.78, 5) is 16.7. The smallest absolute Gasteiger partial charge is 0.226 e. The lowest BCUT2D eigenvalue weighted by Gasteiger charge is -2.39. The fourth-order valence-electron chi connectivity index (χ4n) is 4.55. The van der Waals surface area contributed by atoms with E-state index in [0.717, 1.165) is 67.5 Å². The van der Waals surface area contributed by atoms with Crippen LogP contribution in [0.4, 0.5) is 11.6 Å². The van der Waals surface area contributed by atoms with Crippen molar-refractivity contribution < 1.29 is 0 Å². The van der Waals surface area contributed by atoms with E-state index in [0.29, 0.717) is 12.1 Å². The minimum absolute atomic E-state index is 0.351. The van der Waals surface area contributed by atoms with Gasteiger partial charge in [-0.3, -0.25) is 5.10 Å². The van der Waals surface area contributed by atoms with Gasteiger partial charge in [0, 0.05) is 62.6 Å². The highest BCUT2D eigenvalue weighted by Gasteiger charge is 2.27. The Morgan fingerprint density at radius 3 is 2.37 bits per heavy atom. The van der Waals surface area contributed by atoms with E-state index in [1.165, 1.54) is 5.69 Å². The van der Waals surface area contributed by atoms with Crippen LogP contribution in [0.25, 0.3) is 22.3 Å². The lowest BCUT2D eigenvalue weighted by molar-refractivity contribution is 0.313. The molecule has 0 amide bonds. The number of hydrogen-bond donors (Lipinski definition) is 2. The Morgan fingerprint density at radius 2 is 1.67 bits per heavy atom. The van der Waals surface area contributed by atoms with Crippen LogP contribution in [-0.4, -0.2) is 83.5 Å². The predicted molar refractivity (Wildman–Crippen MR) is 121 cm³/mol. The SMILES string of the molecule is C[C@@H]1CNC[C@H](C)N1c1ncc2[nH]nc(-c3ccc(N4CCN(C)CC4)cc3)c2n1. The maximum absolute atomic E-state index is 4.93. The fraction of sp³-hybridized carbons (Fsp3) is 0.500. The Hall–Kier alpha value is -2.71. The molecule has 8 heteroatoms. The molecule has 2 saturated heterocycles. The highest BCUT2D eigenvalue weighted by atomic mass is 15.3. The van der Waals surface area contributed by atoms with Crippen LogP contribution >= 0.6 is 0 Å². The number of piperazine rings is 2. The molecule has 5 rings (SSSR count). The van der Waals surface area contributed by atoms with Gasteiger partial charge < -0.3 is 20.0 Å². The first-order chi connectivity index (χ1) is 14.6. The topological polar surface area (TPSA) is 76.2 Å². The van der Waals surface area contributed by atoms with Crippen LogP contribution in [0, 0.1) is 0 Å². The number of anilines is 2. The second kappa shape index (κ2) is 7.85. The second-order valence-electron chi connectivity index (χ2n) is 8.61. The van der Waals surface area contributed by atoms with Crippen LogP contribution in [0.2, 0.25) is 0 Å². The summed E-state index contributed by atoms with van der Waals surface area (Å²) >= 11 is 0. The first-order valence-electron chi connectivity index (χ1n) is 10.8. The van der Waals surface area contributed by atoms with E-state index < -0.39 is 0 Å². The van der Waals surface area contributed by atoms with E-state index >= 15 is 0 Å². The molecule has 0 radical (unpaired) electrons. The van der Waals surface area contributed by atoms with E-state index in [1.807, 2.05) is 6.20 Å². The van der Waals surface area contributed by atoms with Crippen molar-refractivity contribution in [2.24, 2.45) is 0 Å². The molecule has 3 aromatic rings. The van der Waals surface area contributed by atoms with Crippen LogP contribution in [0.15, 0.2) is 30.5 Å². The summed E-state index contributed by atoms with van der Waals surface area (Å²) in [5, 5.41) is 11.1. The average molecular weight is 407 g/mol. The summed E-state index contributed by atoms with van der Waals surface area (Å²) in [5.74, 6) is 0.778. The molecule has 2 aliphatic heterocycles. The van der Waals surface area contributed by atoms with Gasteiger partial charge in [-0.25, -0.2) is 9.97 Å². The van der Waals surface area contributed by atoms with Crippen molar-refractivity contribution in [2.45, 2.75) is 25.9 Å². The number of H-pyrrole nitrogens is 1. The Kier molecular flexibility index (Phi) is 5.04. The summed E-state index contributed by atoms with van der Waals surface area (Å²) < 4.78 is 0. The summed E-state index contributed by atoms with van der Waals surface area (Å²) in [5.41, 5.74) is 4.97. The molecule has 2 N–H and O–H groups in total. The number of benzene rings is 1. The van der Waals surface area contributed by atoms with Crippen LogP contribution in [-0.2, 0) is 0 Å². The first kappa shape index (κ1) is 19.3. The summed E-state index contributed by atoms with van der Waals surface area (Å²) in [6.45, 7) is 10.7. The number of aromatic nitrogens is 4. The van der Waals surface area contributed by atoms with E-state index in [-0.39, 0.29) is 0 Å². The molecule has 4 heterocycles. The molecular formula is C22H30N8. The van der Waals surface area contributed by atoms with Gasteiger partial charge in [0.05, 0.1) is 6.20 Å². The van der Waals surface area contributed by atoms with E-state index in [4.69, 9.17) is 4.98 Å². The molecule has 2 atom stereocenters. The molecular weight excluding hydrogens is 376 g/mol. The predicted octanol–water partition coefficient (Wildman–Crippen LogP) is 1.96. The number of hydrogen-bond acceptors (Lipinski definition) is 7. The monoisotopic (exact) mass is 406 g/mol. The van der Waals surface area contributed by atoms with Gasteiger partial charge in [-0.15, -0.1) is 0 Å². The van der Waals surface area contributed by atoms with Gasteiger partial charge in [-0.2, -0.15) is 5.10 Å². The molecule has 0 bridgehead atoms. The number of nitrogens with zero attached hydrogens (tertiary/aromatic N) is 6. The van der Waals surface area contributed by atoms with Gasteiger partial charge in [-0.05, 0) is 33.0 Å². The first-order valence-corrected chi connectivity index (χ1v) is 10.8. The largest absolute Gasteiger partial charge is 0.369 e. The lowest BCUT2D eigenvalue weighted by Crippen LogP contribution is -2.55. The van der Waals surface area contributed by atoms with E-state index in [2.05, 4.69) is 80.4 Å². The molecule has 158 valence electrons. The van der Waals surface area contributed by atoms with Crippen molar-refractivity contribution in [3.8, 4) is 11.3 Å². The van der Waals surface area contributed by atoms with Crippen molar-refractivity contribution in [3.63, 3.8) is 0 Å². The van der Waals surface area contributed by atoms with E-state index in [9.17, 15) is 0 Å². The molecule has 2 fully saturated rings. The number of fused-ring (bicyclic) bond motifs is 1. The van der Waals surface area contributed by atoms with Crippen molar-refractivity contribution in [1.82, 2.24) is 30.4 Å². The van der Waals surface area contributed by atoms with Crippen LogP contribution in [0.1, 0.15) is 13.8 Å². The molecule has 30 heavy (non-hydrogen) atoms. The molecule has 0 spiro atoms. The standard InChI is InChI=1S/C22H30N8/c1-15-12-23-13-16(2)30(15)22-24-14-19-21(25-22)20(27-26-19)17-4-6-18(7-5-17)29-10-8-28(3)9-11-29/h4-7,14-16,23H,8-13H2,1-3H3,(H,26,27)/t15-,16+. The maximum Gasteiger partial charge on any atom is 0.226 e. The number of nitrogens with one attached hydrogen (secondary N) is 2. The Morgan fingerprint density at radius 1 is 0.967 bits per heavy atom. The molecule has 1 aromatic carbocycles. The Bertz CT molecular complexity index is 996. The van der Waals surface area contributed by atoms with Crippen LogP contribution < -0.4 is 15.1 Å². The lowest BCUT2D eigenvalue weighted by atomic mass is 10.1. The van der Waals surface area contributed by atoms with Gasteiger partial charge in [0.25, 0.3) is 0 Å². The zero-order valence-electron chi connectivity index (χ0n) is 18.0. The normalized spacial score (nSPS) is 23.3. The summed E-state index contributed by atoms with van der Waals surface area (Å²) in [6, 6.07) is 9.41. The molecule has 0 unspecified atom stereocenters. The second-order valence-corrected chi connectivity index (χ2v) is 8.61. The number of aromatic amines is 1. The zero-order valence-corrected chi connectivity index (χ0v) is 18.0. The van der Waals surface area contributed by atoms with Gasteiger partial charge in [-0.1, -0.05) is 12.1 Å². The quantitative estimate of drug-likeness (QED) is 0.689. The third-order valence-corrected chi connectivity index (χ3v) is 6.36. The number of rotatable bonds is 3. The third-order valence-electron chi connectivity index (χ3n) is 6.36. The minimum Gasteiger partial charge on any atom is -0.369 e. The third kappa shape index (κ3) is 3.50. The van der Waals surface area contributed by atoms with Crippen LogP contribution in [0.3, 0.4) is 0 Å². The summed E-state index contributed by atoms with van der Waals surface area (Å²) in [6.07, 6.45) is 1.86. The summed E-state index contributed by atoms with van der Waals surface area (Å²) in [7, 11) is 2.18. The Labute approximate surface area is 177 Å². The zero-order chi connectivity index (χ0) is 20.7. The van der Waals surface area contributed by atoms with Crippen molar-refractivity contribution in [2.75, 3.05) is 56.1 Å². The average Bonchev–Trinajstić information content (AvgIpc) is 3.18. The van der Waals surface area contributed by atoms with Gasteiger partial charge in [0.1, 0.15) is 16.7 Å². The molecule has 2 aromatic heterocycles. The van der Waals surface area contributed by atoms with Gasteiger partial charge in [0.2, 0.25) is 5.95 Å². The van der Waals surface area contributed by atoms with Crippen molar-refractivity contribution in [3.05, 3.63) is 30.5 Å². The van der Waals surface area contributed by atoms with Crippen molar-refractivity contribution in [1.29, 1.82) is 0 Å². The van der Waals surface area contributed by atoms with E-state index in [1.54, 1.807) is 0 Å². The van der Waals surface area contributed by atoms with Gasteiger partial charge in [0.15, 0.2) is 0 Å². The Balaban J connectivity index is 1.44. The van der Waals surface area contributed by atoms with Gasteiger partial charge >= 0.3 is 0 Å². The fourth-order valence-corrected chi connectivity index (χ4v) is 4.55. The molecule has 0 aliphatic carbocycles. The van der Waals surface area contributed by atoms with Crippen LogP contribution in [0.5, 0.6) is 0 Å². The van der Waals surface area contributed by atoms with Crippen molar-refractivity contribution >= 4 is 22.7 Å². The molecule has 0 saturated carbocycles. The minimum atomic E-state index is 0.351.